The molecule has 5 rings (SSSR count). The fraction of sp³-hybridized carbons (Fsp3) is 0.500. The molecular weight excluding hydrogens is 487 g/mol. The lowest BCUT2D eigenvalue weighted by Crippen LogP contribution is -2.54. The summed E-state index contributed by atoms with van der Waals surface area (Å²) in [5.41, 5.74) is 2.38. The van der Waals surface area contributed by atoms with E-state index in [9.17, 15) is 13.2 Å². The lowest BCUT2D eigenvalue weighted by atomic mass is 9.86. The summed E-state index contributed by atoms with van der Waals surface area (Å²) in [4.78, 5) is 6.98. The molecule has 37 heavy (non-hydrogen) atoms. The van der Waals surface area contributed by atoms with E-state index >= 15 is 8.78 Å². The van der Waals surface area contributed by atoms with E-state index in [4.69, 9.17) is 0 Å². The Morgan fingerprint density at radius 3 is 2.46 bits per heavy atom. The molecule has 200 valence electrons. The number of halogens is 5. The molecule has 1 aromatic heterocycles. The van der Waals surface area contributed by atoms with Crippen molar-refractivity contribution in [2.75, 3.05) is 38.2 Å². The predicted molar refractivity (Wildman–Crippen MR) is 136 cm³/mol. The van der Waals surface area contributed by atoms with E-state index in [0.717, 1.165) is 16.6 Å². The number of rotatable bonds is 9. The van der Waals surface area contributed by atoms with Gasteiger partial charge >= 0.3 is 0 Å². The first-order chi connectivity index (χ1) is 17.7. The molecule has 3 heterocycles. The molecule has 1 saturated heterocycles. The highest BCUT2D eigenvalue weighted by Gasteiger charge is 2.43. The summed E-state index contributed by atoms with van der Waals surface area (Å²) in [6, 6.07) is 8.62. The average Bonchev–Trinajstić information content (AvgIpc) is 3.19. The third-order valence-electron chi connectivity index (χ3n) is 7.72. The van der Waals surface area contributed by atoms with E-state index in [1.54, 1.807) is 4.90 Å². The summed E-state index contributed by atoms with van der Waals surface area (Å²) in [6.45, 7) is 4.27. The Morgan fingerprint density at radius 1 is 1.08 bits per heavy atom. The second-order valence-electron chi connectivity index (χ2n) is 10.4. The molecule has 4 nitrogen and oxygen atoms in total. The Bertz CT molecular complexity index is 1230. The van der Waals surface area contributed by atoms with Crippen molar-refractivity contribution in [1.82, 2.24) is 14.8 Å². The molecule has 9 heteroatoms. The van der Waals surface area contributed by atoms with Gasteiger partial charge in [-0.05, 0) is 31.5 Å². The molecular formula is C28H33F5N4. The number of aromatic amines is 1. The zero-order valence-electron chi connectivity index (χ0n) is 21.1. The maximum Gasteiger partial charge on any atom is 0.260 e. The van der Waals surface area contributed by atoms with Crippen LogP contribution in [0.4, 0.5) is 27.6 Å². The van der Waals surface area contributed by atoms with Gasteiger partial charge in [-0.25, -0.2) is 17.6 Å². The van der Waals surface area contributed by atoms with E-state index < -0.39 is 30.1 Å². The van der Waals surface area contributed by atoms with Crippen LogP contribution in [-0.2, 0) is 6.42 Å². The molecule has 3 aromatic rings. The number of nitrogens with zero attached hydrogens (tertiary/aromatic N) is 2. The van der Waals surface area contributed by atoms with Gasteiger partial charge in [0.2, 0.25) is 0 Å². The van der Waals surface area contributed by atoms with Crippen LogP contribution in [0.1, 0.15) is 49.6 Å². The topological polar surface area (TPSA) is 34.3 Å². The second-order valence-corrected chi connectivity index (χ2v) is 10.4. The number of anilines is 1. The Morgan fingerprint density at radius 2 is 1.78 bits per heavy atom. The smallest absolute Gasteiger partial charge is 0.260 e. The monoisotopic (exact) mass is 520 g/mol. The molecule has 1 fully saturated rings. The van der Waals surface area contributed by atoms with Crippen molar-refractivity contribution >= 4 is 16.6 Å². The van der Waals surface area contributed by atoms with Crippen molar-refractivity contribution in [3.63, 3.8) is 0 Å². The first-order valence-corrected chi connectivity index (χ1v) is 13.0. The number of H-pyrrole nitrogens is 1. The maximum absolute atomic E-state index is 15.8. The van der Waals surface area contributed by atoms with Crippen LogP contribution in [0.15, 0.2) is 36.4 Å². The fourth-order valence-electron chi connectivity index (χ4n) is 5.75. The first kappa shape index (κ1) is 26.0. The third kappa shape index (κ3) is 5.08. The van der Waals surface area contributed by atoms with Crippen LogP contribution in [0.5, 0.6) is 0 Å². The molecule has 0 radical (unpaired) electrons. The minimum absolute atomic E-state index is 0.0129. The molecule has 2 aliphatic heterocycles. The molecule has 0 spiro atoms. The van der Waals surface area contributed by atoms with Crippen molar-refractivity contribution in [3.05, 3.63) is 64.9 Å². The summed E-state index contributed by atoms with van der Waals surface area (Å²) in [7, 11) is 0. The van der Waals surface area contributed by atoms with Crippen LogP contribution < -0.4 is 5.32 Å². The van der Waals surface area contributed by atoms with Crippen molar-refractivity contribution in [2.45, 2.75) is 57.2 Å². The summed E-state index contributed by atoms with van der Waals surface area (Å²) < 4.78 is 73.3. The van der Waals surface area contributed by atoms with Crippen LogP contribution in [-0.4, -0.2) is 65.6 Å². The number of likely N-dealkylation sites (tertiary alicyclic amines) is 1. The van der Waals surface area contributed by atoms with E-state index in [-0.39, 0.29) is 30.7 Å². The van der Waals surface area contributed by atoms with Gasteiger partial charge in [-0.2, -0.15) is 0 Å². The van der Waals surface area contributed by atoms with Crippen molar-refractivity contribution in [1.29, 1.82) is 0 Å². The number of fused-ring (bicyclic) bond motifs is 3. The Balaban J connectivity index is 1.51. The summed E-state index contributed by atoms with van der Waals surface area (Å²) in [5.74, 6) is -4.53. The van der Waals surface area contributed by atoms with Gasteiger partial charge in [0.05, 0.1) is 25.3 Å². The molecule has 0 aliphatic carbocycles. The van der Waals surface area contributed by atoms with Gasteiger partial charge in [-0.3, -0.25) is 14.2 Å². The number of nitrogens with one attached hydrogen (secondary N) is 2. The van der Waals surface area contributed by atoms with Gasteiger partial charge in [0.1, 0.15) is 11.6 Å². The molecule has 2 atom stereocenters. The standard InChI is InChI=1S/C28H33F5N4/c1-3-28(32,33)16-37-17(2)11-24-25(20-7-4-5-8-23(20)35-24)27(37)26-21(30)12-18(13-22(26)31)34-19-14-36(15-19)10-6-9-29/h4-5,7-8,12-13,17,19,27,34-35H,3,6,9-11,14-16H2,1-2H3/t17-,27+/m1/s1. The largest absolute Gasteiger partial charge is 0.380 e. The number of para-hydroxylation sites is 1. The second kappa shape index (κ2) is 10.3. The highest BCUT2D eigenvalue weighted by atomic mass is 19.3. The number of alkyl halides is 3. The zero-order valence-corrected chi connectivity index (χ0v) is 21.1. The van der Waals surface area contributed by atoms with E-state index in [1.807, 2.05) is 31.2 Å². The van der Waals surface area contributed by atoms with Gasteiger partial charge in [-0.1, -0.05) is 25.1 Å². The molecule has 0 bridgehead atoms. The Kier molecular flexibility index (Phi) is 7.20. The molecule has 0 unspecified atom stereocenters. The van der Waals surface area contributed by atoms with Crippen LogP contribution in [0.3, 0.4) is 0 Å². The van der Waals surface area contributed by atoms with E-state index in [0.29, 0.717) is 43.7 Å². The fourth-order valence-corrected chi connectivity index (χ4v) is 5.75. The SMILES string of the molecule is CCC(F)(F)CN1[C@H](c2c(F)cc(NC3CN(CCCF)C3)cc2F)c2c([nH]c3ccccc23)C[C@H]1C. The van der Waals surface area contributed by atoms with Gasteiger partial charge in [0.15, 0.2) is 0 Å². The Labute approximate surface area is 213 Å². The van der Waals surface area contributed by atoms with Gasteiger partial charge in [0, 0.05) is 71.9 Å². The van der Waals surface area contributed by atoms with E-state index in [2.05, 4.69) is 15.2 Å². The molecule has 2 aromatic carbocycles. The van der Waals surface area contributed by atoms with Crippen LogP contribution in [0.2, 0.25) is 0 Å². The van der Waals surface area contributed by atoms with Crippen molar-refractivity contribution < 1.29 is 22.0 Å². The summed E-state index contributed by atoms with van der Waals surface area (Å²) >= 11 is 0. The van der Waals surface area contributed by atoms with Crippen LogP contribution >= 0.6 is 0 Å². The highest BCUT2D eigenvalue weighted by Crippen LogP contribution is 2.45. The highest BCUT2D eigenvalue weighted by molar-refractivity contribution is 5.86. The number of benzene rings is 2. The zero-order chi connectivity index (χ0) is 26.3. The number of aromatic nitrogens is 1. The normalized spacial score (nSPS) is 21.3. The lowest BCUT2D eigenvalue weighted by molar-refractivity contribution is -0.0547. The molecule has 0 saturated carbocycles. The first-order valence-electron chi connectivity index (χ1n) is 13.0. The average molecular weight is 521 g/mol. The maximum atomic E-state index is 15.8. The molecule has 2 N–H and O–H groups in total. The minimum Gasteiger partial charge on any atom is -0.380 e. The molecule has 2 aliphatic rings. The van der Waals surface area contributed by atoms with E-state index in [1.165, 1.54) is 19.1 Å². The van der Waals surface area contributed by atoms with Gasteiger partial charge in [0.25, 0.3) is 5.92 Å². The van der Waals surface area contributed by atoms with Crippen molar-refractivity contribution in [3.8, 4) is 0 Å². The van der Waals surface area contributed by atoms with Crippen LogP contribution in [0, 0.1) is 11.6 Å². The minimum atomic E-state index is -3.00. The van der Waals surface area contributed by atoms with Gasteiger partial charge < -0.3 is 10.3 Å². The summed E-state index contributed by atoms with van der Waals surface area (Å²) in [6.07, 6.45) is 0.582. The molecule has 0 amide bonds. The number of hydrogen-bond donors (Lipinski definition) is 2. The predicted octanol–water partition coefficient (Wildman–Crippen LogP) is 6.28. The quantitative estimate of drug-likeness (QED) is 0.326. The Hall–Kier alpha value is -2.65. The summed E-state index contributed by atoms with van der Waals surface area (Å²) in [5, 5.41) is 3.93. The van der Waals surface area contributed by atoms with Gasteiger partial charge in [-0.15, -0.1) is 0 Å². The van der Waals surface area contributed by atoms with Crippen LogP contribution in [0.25, 0.3) is 10.9 Å². The van der Waals surface area contributed by atoms with Crippen molar-refractivity contribution in [2.24, 2.45) is 0 Å². The lowest BCUT2D eigenvalue weighted by Gasteiger charge is -2.43. The number of hydrogen-bond acceptors (Lipinski definition) is 3. The third-order valence-corrected chi connectivity index (χ3v) is 7.72.